The van der Waals surface area contributed by atoms with Gasteiger partial charge in [-0.3, -0.25) is 4.79 Å². The number of amides is 1. The molecule has 0 saturated carbocycles. The monoisotopic (exact) mass is 265 g/mol. The second kappa shape index (κ2) is 5.02. The smallest absolute Gasteiger partial charge is 0.330 e. The zero-order valence-electron chi connectivity index (χ0n) is 10.1. The topological polar surface area (TPSA) is 66.4 Å². The number of nitrogens with one attached hydrogen (secondary N) is 1. The molecule has 1 aromatic rings. The molecule has 5 heteroatoms. The van der Waals surface area contributed by atoms with Crippen LogP contribution in [0, 0.1) is 6.92 Å². The van der Waals surface area contributed by atoms with Crippen molar-refractivity contribution in [3.63, 3.8) is 0 Å². The van der Waals surface area contributed by atoms with Crippen molar-refractivity contribution in [2.75, 3.05) is 11.5 Å². The van der Waals surface area contributed by atoms with Crippen LogP contribution in [0.25, 0.3) is 0 Å². The zero-order chi connectivity index (χ0) is 13.2. The van der Waals surface area contributed by atoms with E-state index >= 15 is 0 Å². The van der Waals surface area contributed by atoms with Gasteiger partial charge in [-0.2, -0.15) is 11.8 Å². The second-order valence-electron chi connectivity index (χ2n) is 4.46. The number of aliphatic carboxylic acids is 1. The molecule has 0 spiro atoms. The van der Waals surface area contributed by atoms with E-state index in [0.717, 1.165) is 11.3 Å². The van der Waals surface area contributed by atoms with E-state index in [4.69, 9.17) is 0 Å². The Morgan fingerprint density at radius 3 is 2.67 bits per heavy atom. The normalized spacial score (nSPS) is 22.7. The van der Waals surface area contributed by atoms with Crippen molar-refractivity contribution in [3.8, 4) is 0 Å². The predicted octanol–water partition coefficient (Wildman–Crippen LogP) is 1.69. The van der Waals surface area contributed by atoms with E-state index in [9.17, 15) is 14.7 Å². The standard InChI is InChI=1S/C13H15NO3S/c1-9-4-2-3-5-10(9)11(15)14-13(12(16)17)6-7-18-8-13/h2-5H,6-8H2,1H3,(H,14,15)(H,16,17). The lowest BCUT2D eigenvalue weighted by atomic mass is 9.98. The van der Waals surface area contributed by atoms with Crippen LogP contribution in [0.1, 0.15) is 22.3 Å². The molecule has 18 heavy (non-hydrogen) atoms. The molecular weight excluding hydrogens is 250 g/mol. The molecule has 0 radical (unpaired) electrons. The van der Waals surface area contributed by atoms with E-state index in [-0.39, 0.29) is 5.91 Å². The highest BCUT2D eigenvalue weighted by Crippen LogP contribution is 2.28. The molecule has 0 aromatic heterocycles. The maximum Gasteiger partial charge on any atom is 0.330 e. The molecule has 96 valence electrons. The summed E-state index contributed by atoms with van der Waals surface area (Å²) in [4.78, 5) is 23.5. The summed E-state index contributed by atoms with van der Waals surface area (Å²) < 4.78 is 0. The van der Waals surface area contributed by atoms with Crippen molar-refractivity contribution in [3.05, 3.63) is 35.4 Å². The number of carbonyl (C=O) groups is 2. The largest absolute Gasteiger partial charge is 0.479 e. The number of carboxylic acids is 1. The molecular formula is C13H15NO3S. The summed E-state index contributed by atoms with van der Waals surface area (Å²) in [5.74, 6) is -0.0623. The molecule has 1 atom stereocenters. The number of rotatable bonds is 3. The third-order valence-corrected chi connectivity index (χ3v) is 4.36. The van der Waals surface area contributed by atoms with Gasteiger partial charge in [0.2, 0.25) is 0 Å². The minimum atomic E-state index is -1.11. The van der Waals surface area contributed by atoms with E-state index in [2.05, 4.69) is 5.32 Å². The number of thioether (sulfide) groups is 1. The van der Waals surface area contributed by atoms with Gasteiger partial charge in [0.15, 0.2) is 0 Å². The van der Waals surface area contributed by atoms with Gasteiger partial charge in [-0.25, -0.2) is 4.79 Å². The molecule has 2 rings (SSSR count). The van der Waals surface area contributed by atoms with Crippen LogP contribution in [0.3, 0.4) is 0 Å². The lowest BCUT2D eigenvalue weighted by Crippen LogP contribution is -2.54. The fourth-order valence-corrected chi connectivity index (χ4v) is 3.32. The van der Waals surface area contributed by atoms with Crippen LogP contribution in [-0.4, -0.2) is 34.0 Å². The first-order valence-electron chi connectivity index (χ1n) is 5.74. The van der Waals surface area contributed by atoms with Gasteiger partial charge in [0.05, 0.1) is 0 Å². The third kappa shape index (κ3) is 2.36. The quantitative estimate of drug-likeness (QED) is 0.872. The number of carbonyl (C=O) groups excluding carboxylic acids is 1. The number of hydrogen-bond donors (Lipinski definition) is 2. The van der Waals surface area contributed by atoms with Gasteiger partial charge in [-0.1, -0.05) is 18.2 Å². The number of carboxylic acid groups (broad SMARTS) is 1. The summed E-state index contributed by atoms with van der Waals surface area (Å²) in [6.45, 7) is 1.84. The number of hydrogen-bond acceptors (Lipinski definition) is 3. The SMILES string of the molecule is Cc1ccccc1C(=O)NC1(C(=O)O)CCSC1. The van der Waals surface area contributed by atoms with E-state index in [1.807, 2.05) is 19.1 Å². The van der Waals surface area contributed by atoms with Gasteiger partial charge in [0, 0.05) is 11.3 Å². The molecule has 1 heterocycles. The van der Waals surface area contributed by atoms with Crippen LogP contribution in [0.15, 0.2) is 24.3 Å². The Labute approximate surface area is 110 Å². The lowest BCUT2D eigenvalue weighted by Gasteiger charge is -2.24. The average Bonchev–Trinajstić information content (AvgIpc) is 2.79. The fourth-order valence-electron chi connectivity index (χ4n) is 2.00. The Hall–Kier alpha value is -1.49. The van der Waals surface area contributed by atoms with E-state index in [1.165, 1.54) is 0 Å². The molecule has 1 unspecified atom stereocenters. The fraction of sp³-hybridized carbons (Fsp3) is 0.385. The molecule has 0 aliphatic carbocycles. The van der Waals surface area contributed by atoms with Crippen molar-refractivity contribution < 1.29 is 14.7 Å². The van der Waals surface area contributed by atoms with Crippen molar-refractivity contribution in [2.45, 2.75) is 18.9 Å². The summed E-state index contributed by atoms with van der Waals surface area (Å²) in [6, 6.07) is 7.18. The van der Waals surface area contributed by atoms with Crippen molar-refractivity contribution in [1.29, 1.82) is 0 Å². The Morgan fingerprint density at radius 1 is 1.39 bits per heavy atom. The molecule has 1 saturated heterocycles. The van der Waals surface area contributed by atoms with Gasteiger partial charge in [-0.15, -0.1) is 0 Å². The Balaban J connectivity index is 2.21. The molecule has 2 N–H and O–H groups in total. The number of benzene rings is 1. The first-order valence-corrected chi connectivity index (χ1v) is 6.90. The maximum absolute atomic E-state index is 12.1. The van der Waals surface area contributed by atoms with Crippen LogP contribution in [0.2, 0.25) is 0 Å². The second-order valence-corrected chi connectivity index (χ2v) is 5.56. The van der Waals surface area contributed by atoms with Crippen molar-refractivity contribution in [1.82, 2.24) is 5.32 Å². The van der Waals surface area contributed by atoms with Crippen LogP contribution in [0.4, 0.5) is 0 Å². The predicted molar refractivity (Wildman–Crippen MR) is 71.0 cm³/mol. The minimum Gasteiger partial charge on any atom is -0.479 e. The average molecular weight is 265 g/mol. The molecule has 1 aliphatic rings. The van der Waals surface area contributed by atoms with Gasteiger partial charge in [0.25, 0.3) is 5.91 Å². The molecule has 1 aliphatic heterocycles. The molecule has 1 fully saturated rings. The van der Waals surface area contributed by atoms with Gasteiger partial charge in [-0.05, 0) is 30.7 Å². The van der Waals surface area contributed by atoms with Gasteiger partial charge in [0.1, 0.15) is 5.54 Å². The van der Waals surface area contributed by atoms with E-state index < -0.39 is 11.5 Å². The van der Waals surface area contributed by atoms with Gasteiger partial charge < -0.3 is 10.4 Å². The van der Waals surface area contributed by atoms with Crippen LogP contribution < -0.4 is 5.32 Å². The summed E-state index contributed by atoms with van der Waals surface area (Å²) >= 11 is 1.56. The summed E-state index contributed by atoms with van der Waals surface area (Å²) in [7, 11) is 0. The van der Waals surface area contributed by atoms with Crippen LogP contribution >= 0.6 is 11.8 Å². The highest BCUT2D eigenvalue weighted by atomic mass is 32.2. The van der Waals surface area contributed by atoms with Crippen molar-refractivity contribution >= 4 is 23.6 Å². The number of aryl methyl sites for hydroxylation is 1. The minimum absolute atomic E-state index is 0.307. The summed E-state index contributed by atoms with van der Waals surface area (Å²) in [5, 5.41) is 12.0. The van der Waals surface area contributed by atoms with Gasteiger partial charge >= 0.3 is 5.97 Å². The Kier molecular flexibility index (Phi) is 3.61. The van der Waals surface area contributed by atoms with E-state index in [0.29, 0.717) is 17.7 Å². The van der Waals surface area contributed by atoms with E-state index in [1.54, 1.807) is 23.9 Å². The third-order valence-electron chi connectivity index (χ3n) is 3.17. The Bertz CT molecular complexity index is 481. The lowest BCUT2D eigenvalue weighted by molar-refractivity contribution is -0.143. The highest BCUT2D eigenvalue weighted by Gasteiger charge is 2.43. The molecule has 1 aromatic carbocycles. The molecule has 4 nitrogen and oxygen atoms in total. The Morgan fingerprint density at radius 2 is 2.11 bits per heavy atom. The summed E-state index contributed by atoms with van der Waals surface area (Å²) in [5.41, 5.74) is 0.278. The summed E-state index contributed by atoms with van der Waals surface area (Å²) in [6.07, 6.45) is 0.477. The van der Waals surface area contributed by atoms with Crippen LogP contribution in [0.5, 0.6) is 0 Å². The molecule has 0 bridgehead atoms. The maximum atomic E-state index is 12.1. The zero-order valence-corrected chi connectivity index (χ0v) is 10.9. The van der Waals surface area contributed by atoms with Crippen molar-refractivity contribution in [2.24, 2.45) is 0 Å². The first-order chi connectivity index (χ1) is 8.55. The van der Waals surface area contributed by atoms with Crippen LogP contribution in [-0.2, 0) is 4.79 Å². The highest BCUT2D eigenvalue weighted by molar-refractivity contribution is 7.99. The molecule has 1 amide bonds. The first kappa shape index (κ1) is 13.0.